The molecule has 1 fully saturated rings. The first-order valence-corrected chi connectivity index (χ1v) is 5.12. The molecule has 0 N–H and O–H groups in total. The van der Waals surface area contributed by atoms with E-state index in [2.05, 4.69) is 11.4 Å². The second kappa shape index (κ2) is 4.47. The van der Waals surface area contributed by atoms with Crippen LogP contribution in [0.15, 0.2) is 24.0 Å². The van der Waals surface area contributed by atoms with Crippen molar-refractivity contribution in [3.05, 3.63) is 24.0 Å². The largest absolute Gasteiger partial charge is 0.378 e. The van der Waals surface area contributed by atoms with Crippen LogP contribution >= 0.6 is 0 Å². The van der Waals surface area contributed by atoms with E-state index in [1.807, 2.05) is 12.4 Å². The second-order valence-corrected chi connectivity index (χ2v) is 3.70. The Labute approximate surface area is 79.7 Å². The fourth-order valence-electron chi connectivity index (χ4n) is 1.87. The van der Waals surface area contributed by atoms with Crippen molar-refractivity contribution in [3.63, 3.8) is 0 Å². The maximum atomic E-state index is 5.75. The quantitative estimate of drug-likeness (QED) is 0.648. The Bertz CT molecular complexity index is 214. The fourth-order valence-corrected chi connectivity index (χ4v) is 1.87. The smallest absolute Gasteiger partial charge is 0.0575 e. The Morgan fingerprint density at radius 1 is 1.38 bits per heavy atom. The van der Waals surface area contributed by atoms with Crippen molar-refractivity contribution in [1.82, 2.24) is 5.32 Å². The maximum Gasteiger partial charge on any atom is 0.0575 e. The average molecular weight is 178 g/mol. The zero-order valence-electron chi connectivity index (χ0n) is 7.91. The minimum atomic E-state index is 0.544. The van der Waals surface area contributed by atoms with Gasteiger partial charge in [0.2, 0.25) is 0 Å². The van der Waals surface area contributed by atoms with E-state index in [1.54, 1.807) is 0 Å². The van der Waals surface area contributed by atoms with Gasteiger partial charge in [-0.05, 0) is 30.9 Å². The van der Waals surface area contributed by atoms with Crippen LogP contribution in [0.25, 0.3) is 0 Å². The lowest BCUT2D eigenvalue weighted by Gasteiger charge is -2.10. The molecule has 1 aliphatic heterocycles. The molecule has 0 atom stereocenters. The molecule has 1 saturated carbocycles. The summed E-state index contributed by atoms with van der Waals surface area (Å²) in [5.41, 5.74) is 1.29. The van der Waals surface area contributed by atoms with Gasteiger partial charge >= 0.3 is 0 Å². The molecule has 13 heavy (non-hydrogen) atoms. The first-order chi connectivity index (χ1) is 6.45. The number of ether oxygens (including phenoxy) is 1. The van der Waals surface area contributed by atoms with Crippen LogP contribution < -0.4 is 5.32 Å². The summed E-state index contributed by atoms with van der Waals surface area (Å²) in [7, 11) is 0. The van der Waals surface area contributed by atoms with Gasteiger partial charge in [0.25, 0.3) is 0 Å². The van der Waals surface area contributed by atoms with Crippen LogP contribution in [0.1, 0.15) is 32.1 Å². The Kier molecular flexibility index (Phi) is 3.03. The number of hydrogen-bond acceptors (Lipinski definition) is 1. The summed E-state index contributed by atoms with van der Waals surface area (Å²) in [5.74, 6) is 0. The predicted molar refractivity (Wildman–Crippen MR) is 52.2 cm³/mol. The van der Waals surface area contributed by atoms with Crippen LogP contribution in [0.5, 0.6) is 0 Å². The highest BCUT2D eigenvalue weighted by Gasteiger charge is 2.14. The molecule has 0 aromatic heterocycles. The van der Waals surface area contributed by atoms with Crippen LogP contribution in [-0.2, 0) is 4.74 Å². The number of nitrogens with zero attached hydrogens (tertiary/aromatic N) is 1. The summed E-state index contributed by atoms with van der Waals surface area (Å²) in [6, 6.07) is 0. The third-order valence-corrected chi connectivity index (χ3v) is 2.66. The fraction of sp³-hybridized carbons (Fsp3) is 0.636. The van der Waals surface area contributed by atoms with Crippen molar-refractivity contribution in [1.29, 1.82) is 0 Å². The molecule has 2 rings (SSSR count). The van der Waals surface area contributed by atoms with Gasteiger partial charge in [-0.1, -0.05) is 12.8 Å². The first kappa shape index (κ1) is 8.82. The van der Waals surface area contributed by atoms with Gasteiger partial charge < -0.3 is 4.74 Å². The normalized spacial score (nSPS) is 22.0. The number of allylic oxidation sites excluding steroid dienone is 1. The van der Waals surface area contributed by atoms with E-state index in [9.17, 15) is 0 Å². The van der Waals surface area contributed by atoms with Gasteiger partial charge in [0.05, 0.1) is 12.7 Å². The summed E-state index contributed by atoms with van der Waals surface area (Å²) >= 11 is 0. The molecule has 2 nitrogen and oxygen atoms in total. The van der Waals surface area contributed by atoms with Crippen molar-refractivity contribution in [2.45, 2.75) is 38.2 Å². The summed E-state index contributed by atoms with van der Waals surface area (Å²) in [6.07, 6.45) is 12.6. The maximum absolute atomic E-state index is 5.75. The minimum absolute atomic E-state index is 0.544. The molecule has 0 saturated heterocycles. The molecule has 2 aliphatic rings. The molecule has 0 aromatic rings. The van der Waals surface area contributed by atoms with Crippen LogP contribution in [0, 0.1) is 0 Å². The molecule has 0 unspecified atom stereocenters. The van der Waals surface area contributed by atoms with E-state index in [0.717, 1.165) is 13.0 Å². The van der Waals surface area contributed by atoms with E-state index in [-0.39, 0.29) is 0 Å². The van der Waals surface area contributed by atoms with E-state index in [4.69, 9.17) is 4.74 Å². The molecule has 1 radical (unpaired) electrons. The summed E-state index contributed by atoms with van der Waals surface area (Å²) < 4.78 is 5.75. The van der Waals surface area contributed by atoms with Gasteiger partial charge in [-0.25, -0.2) is 0 Å². The molecule has 1 aliphatic carbocycles. The third kappa shape index (κ3) is 2.59. The van der Waals surface area contributed by atoms with Crippen molar-refractivity contribution in [2.75, 3.05) is 6.61 Å². The average Bonchev–Trinajstić information content (AvgIpc) is 2.75. The number of hydrogen-bond donors (Lipinski definition) is 0. The second-order valence-electron chi connectivity index (χ2n) is 3.70. The van der Waals surface area contributed by atoms with Crippen molar-refractivity contribution in [2.24, 2.45) is 0 Å². The van der Waals surface area contributed by atoms with Crippen LogP contribution in [0.3, 0.4) is 0 Å². The Morgan fingerprint density at radius 3 is 2.92 bits per heavy atom. The highest BCUT2D eigenvalue weighted by molar-refractivity contribution is 5.23. The summed E-state index contributed by atoms with van der Waals surface area (Å²) in [4.78, 5) is 0. The molecular weight excluding hydrogens is 162 g/mol. The first-order valence-electron chi connectivity index (χ1n) is 5.12. The third-order valence-electron chi connectivity index (χ3n) is 2.66. The van der Waals surface area contributed by atoms with Crippen LogP contribution in [0.2, 0.25) is 0 Å². The summed E-state index contributed by atoms with van der Waals surface area (Å²) in [5, 5.41) is 4.02. The number of rotatable bonds is 4. The van der Waals surface area contributed by atoms with Crippen molar-refractivity contribution < 1.29 is 4.74 Å². The van der Waals surface area contributed by atoms with Crippen LogP contribution in [0.4, 0.5) is 0 Å². The van der Waals surface area contributed by atoms with E-state index < -0.39 is 0 Å². The monoisotopic (exact) mass is 178 g/mol. The van der Waals surface area contributed by atoms with Gasteiger partial charge in [-0.3, -0.25) is 5.32 Å². The Balaban J connectivity index is 1.60. The highest BCUT2D eigenvalue weighted by atomic mass is 16.5. The van der Waals surface area contributed by atoms with E-state index >= 15 is 0 Å². The lowest BCUT2D eigenvalue weighted by molar-refractivity contribution is 0.0610. The predicted octanol–water partition coefficient (Wildman–Crippen LogP) is 2.35. The van der Waals surface area contributed by atoms with Gasteiger partial charge in [0, 0.05) is 12.4 Å². The molecule has 1 heterocycles. The standard InChI is InChI=1S/C11H16NO/c1-2-4-11(3-1)13-8-6-10-5-7-12-9-10/h5,7,9,11H,1-4,6,8H2. The highest BCUT2D eigenvalue weighted by Crippen LogP contribution is 2.21. The molecule has 0 aromatic carbocycles. The zero-order chi connectivity index (χ0) is 8.93. The van der Waals surface area contributed by atoms with Crippen LogP contribution in [-0.4, -0.2) is 12.7 Å². The Morgan fingerprint density at radius 2 is 2.23 bits per heavy atom. The van der Waals surface area contributed by atoms with Crippen molar-refractivity contribution in [3.8, 4) is 0 Å². The molecule has 0 spiro atoms. The minimum Gasteiger partial charge on any atom is -0.378 e. The summed E-state index contributed by atoms with van der Waals surface area (Å²) in [6.45, 7) is 0.857. The van der Waals surface area contributed by atoms with Gasteiger partial charge in [-0.2, -0.15) is 0 Å². The van der Waals surface area contributed by atoms with E-state index in [0.29, 0.717) is 6.10 Å². The van der Waals surface area contributed by atoms with Gasteiger partial charge in [0.1, 0.15) is 0 Å². The topological polar surface area (TPSA) is 23.3 Å². The lowest BCUT2D eigenvalue weighted by atomic mass is 10.2. The molecule has 2 heteroatoms. The van der Waals surface area contributed by atoms with Gasteiger partial charge in [0.15, 0.2) is 0 Å². The van der Waals surface area contributed by atoms with E-state index in [1.165, 1.54) is 31.3 Å². The van der Waals surface area contributed by atoms with Gasteiger partial charge in [-0.15, -0.1) is 0 Å². The van der Waals surface area contributed by atoms with Crippen molar-refractivity contribution >= 4 is 0 Å². The molecule has 71 valence electrons. The molecular formula is C11H16NO. The SMILES string of the molecule is C1=CC(CCOC2CCCC2)=C[N]1. The lowest BCUT2D eigenvalue weighted by Crippen LogP contribution is -2.08. The molecule has 0 amide bonds. The zero-order valence-corrected chi connectivity index (χ0v) is 7.91. The Hall–Kier alpha value is -0.760. The molecule has 0 bridgehead atoms.